The lowest BCUT2D eigenvalue weighted by Gasteiger charge is -2.47. The SMILES string of the molecule is NC1C(=O)N2C(C(=O)O)=C(C3=NCCS3)CS[C@@H]12. The number of carboxylic acids is 1. The van der Waals surface area contributed by atoms with Gasteiger partial charge in [0.2, 0.25) is 5.91 Å². The number of carboxylic acid groups (broad SMARTS) is 1. The molecular formula is C10H11N3O3S2. The van der Waals surface area contributed by atoms with Gasteiger partial charge in [-0.15, -0.1) is 23.5 Å². The number of nitrogens with two attached hydrogens (primary N) is 1. The summed E-state index contributed by atoms with van der Waals surface area (Å²) in [5.74, 6) is 0.0274. The molecule has 8 heteroatoms. The van der Waals surface area contributed by atoms with E-state index in [0.717, 1.165) is 10.8 Å². The summed E-state index contributed by atoms with van der Waals surface area (Å²) in [6, 6.07) is -0.580. The molecule has 3 aliphatic rings. The van der Waals surface area contributed by atoms with Crippen LogP contribution in [0, 0.1) is 0 Å². The lowest BCUT2D eigenvalue weighted by molar-refractivity contribution is -0.147. The Hall–Kier alpha value is -0.990. The Kier molecular flexibility index (Phi) is 2.87. The highest BCUT2D eigenvalue weighted by Crippen LogP contribution is 2.41. The van der Waals surface area contributed by atoms with Crippen molar-refractivity contribution in [1.82, 2.24) is 4.90 Å². The van der Waals surface area contributed by atoms with Crippen molar-refractivity contribution in [3.8, 4) is 0 Å². The maximum absolute atomic E-state index is 11.7. The van der Waals surface area contributed by atoms with Crippen LogP contribution in [0.1, 0.15) is 0 Å². The summed E-state index contributed by atoms with van der Waals surface area (Å²) >= 11 is 3.05. The average molecular weight is 285 g/mol. The number of hydrogen-bond donors (Lipinski definition) is 2. The minimum atomic E-state index is -1.08. The predicted octanol–water partition coefficient (Wildman–Crippen LogP) is -0.287. The minimum absolute atomic E-state index is 0.0681. The summed E-state index contributed by atoms with van der Waals surface area (Å²) in [6.07, 6.45) is 0. The molecule has 0 saturated carbocycles. The maximum Gasteiger partial charge on any atom is 0.353 e. The molecule has 0 radical (unpaired) electrons. The highest BCUT2D eigenvalue weighted by atomic mass is 32.2. The summed E-state index contributed by atoms with van der Waals surface area (Å²) in [4.78, 5) is 28.7. The summed E-state index contributed by atoms with van der Waals surface area (Å²) < 4.78 is 0. The number of aliphatic carboxylic acids is 1. The van der Waals surface area contributed by atoms with Crippen LogP contribution in [0.25, 0.3) is 0 Å². The van der Waals surface area contributed by atoms with Gasteiger partial charge in [0.05, 0.1) is 5.04 Å². The first-order chi connectivity index (χ1) is 8.61. The van der Waals surface area contributed by atoms with Crippen molar-refractivity contribution < 1.29 is 14.7 Å². The molecule has 1 unspecified atom stereocenters. The number of nitrogens with zero attached hydrogens (tertiary/aromatic N) is 2. The van der Waals surface area contributed by atoms with Gasteiger partial charge < -0.3 is 10.8 Å². The topological polar surface area (TPSA) is 96.0 Å². The number of thioether (sulfide) groups is 2. The Morgan fingerprint density at radius 2 is 2.33 bits per heavy atom. The first-order valence-corrected chi connectivity index (χ1v) is 7.49. The van der Waals surface area contributed by atoms with E-state index >= 15 is 0 Å². The monoisotopic (exact) mass is 285 g/mol. The lowest BCUT2D eigenvalue weighted by Crippen LogP contribution is -2.68. The molecule has 6 nitrogen and oxygen atoms in total. The Balaban J connectivity index is 2.03. The van der Waals surface area contributed by atoms with E-state index in [0.29, 0.717) is 17.9 Å². The van der Waals surface area contributed by atoms with E-state index in [1.165, 1.54) is 16.7 Å². The summed E-state index contributed by atoms with van der Waals surface area (Å²) in [5.41, 5.74) is 6.40. The van der Waals surface area contributed by atoms with Crippen LogP contribution in [0.3, 0.4) is 0 Å². The van der Waals surface area contributed by atoms with Crippen molar-refractivity contribution >= 4 is 40.4 Å². The van der Waals surface area contributed by atoms with E-state index in [9.17, 15) is 14.7 Å². The molecule has 3 rings (SSSR count). The van der Waals surface area contributed by atoms with E-state index in [-0.39, 0.29) is 17.0 Å². The van der Waals surface area contributed by atoms with Crippen LogP contribution < -0.4 is 5.73 Å². The molecule has 3 N–H and O–H groups in total. The van der Waals surface area contributed by atoms with Crippen LogP contribution in [0.4, 0.5) is 0 Å². The Morgan fingerprint density at radius 1 is 1.56 bits per heavy atom. The number of carbonyl (C=O) groups excluding carboxylic acids is 1. The number of rotatable bonds is 2. The van der Waals surface area contributed by atoms with Gasteiger partial charge >= 0.3 is 5.97 Å². The molecule has 2 atom stereocenters. The maximum atomic E-state index is 11.7. The Labute approximate surface area is 112 Å². The minimum Gasteiger partial charge on any atom is -0.477 e. The number of β-lactam (4-membered cyclic amide) rings is 1. The van der Waals surface area contributed by atoms with E-state index in [2.05, 4.69) is 4.99 Å². The molecule has 3 heterocycles. The molecule has 1 amide bonds. The van der Waals surface area contributed by atoms with Crippen molar-refractivity contribution in [2.75, 3.05) is 18.1 Å². The predicted molar refractivity (Wildman–Crippen MR) is 70.5 cm³/mol. The van der Waals surface area contributed by atoms with Crippen LogP contribution in [-0.2, 0) is 9.59 Å². The van der Waals surface area contributed by atoms with Gasteiger partial charge in [0.25, 0.3) is 0 Å². The Bertz CT molecular complexity index is 503. The van der Waals surface area contributed by atoms with Crippen molar-refractivity contribution in [3.05, 3.63) is 11.3 Å². The highest BCUT2D eigenvalue weighted by molar-refractivity contribution is 8.14. The molecule has 0 aromatic heterocycles. The molecule has 1 saturated heterocycles. The van der Waals surface area contributed by atoms with Gasteiger partial charge in [-0.25, -0.2) is 4.79 Å². The molecule has 1 fully saturated rings. The van der Waals surface area contributed by atoms with Crippen molar-refractivity contribution in [1.29, 1.82) is 0 Å². The number of amides is 1. The summed E-state index contributed by atoms with van der Waals surface area (Å²) in [6.45, 7) is 0.706. The van der Waals surface area contributed by atoms with Gasteiger partial charge in [0.1, 0.15) is 17.1 Å². The van der Waals surface area contributed by atoms with Gasteiger partial charge in [0, 0.05) is 23.6 Å². The van der Waals surface area contributed by atoms with Crippen LogP contribution >= 0.6 is 23.5 Å². The first kappa shape index (κ1) is 12.1. The second kappa shape index (κ2) is 4.29. The van der Waals surface area contributed by atoms with E-state index in [1.54, 1.807) is 11.8 Å². The molecule has 96 valence electrons. The summed E-state index contributed by atoms with van der Waals surface area (Å²) in [5, 5.41) is 9.85. The largest absolute Gasteiger partial charge is 0.477 e. The normalized spacial score (nSPS) is 31.1. The third kappa shape index (κ3) is 1.59. The van der Waals surface area contributed by atoms with E-state index in [1.807, 2.05) is 0 Å². The number of carbonyl (C=O) groups is 2. The standard InChI is InChI=1S/C10H11N3O3S2/c11-5-8(14)13-6(10(15)16)4(3-18-9(5)13)7-12-1-2-17-7/h5,9H,1-3,11H2,(H,15,16)/t5?,9-/m0/s1. The summed E-state index contributed by atoms with van der Waals surface area (Å²) in [7, 11) is 0. The quantitative estimate of drug-likeness (QED) is 0.677. The smallest absolute Gasteiger partial charge is 0.353 e. The van der Waals surface area contributed by atoms with Gasteiger partial charge in [-0.05, 0) is 0 Å². The van der Waals surface area contributed by atoms with Crippen molar-refractivity contribution in [3.63, 3.8) is 0 Å². The molecule has 3 aliphatic heterocycles. The van der Waals surface area contributed by atoms with Gasteiger partial charge in [-0.2, -0.15) is 0 Å². The molecule has 0 aromatic rings. The van der Waals surface area contributed by atoms with Crippen molar-refractivity contribution in [2.24, 2.45) is 10.7 Å². The third-order valence-electron chi connectivity index (χ3n) is 3.06. The zero-order valence-corrected chi connectivity index (χ0v) is 11.0. The van der Waals surface area contributed by atoms with Crippen LogP contribution in [0.2, 0.25) is 0 Å². The molecule has 18 heavy (non-hydrogen) atoms. The molecule has 0 spiro atoms. The van der Waals surface area contributed by atoms with Crippen LogP contribution in [0.15, 0.2) is 16.3 Å². The zero-order chi connectivity index (χ0) is 12.9. The van der Waals surface area contributed by atoms with Gasteiger partial charge in [-0.3, -0.25) is 14.7 Å². The average Bonchev–Trinajstić information content (AvgIpc) is 2.89. The number of aliphatic imine (C=N–C) groups is 1. The molecule has 0 aliphatic carbocycles. The Morgan fingerprint density at radius 3 is 2.94 bits per heavy atom. The van der Waals surface area contributed by atoms with Gasteiger partial charge in [-0.1, -0.05) is 0 Å². The zero-order valence-electron chi connectivity index (χ0n) is 9.33. The van der Waals surface area contributed by atoms with Gasteiger partial charge in [0.15, 0.2) is 0 Å². The first-order valence-electron chi connectivity index (χ1n) is 5.45. The fourth-order valence-corrected chi connectivity index (χ4v) is 4.48. The molecule has 0 bridgehead atoms. The van der Waals surface area contributed by atoms with E-state index < -0.39 is 12.0 Å². The number of hydrogen-bond acceptors (Lipinski definition) is 6. The fraction of sp³-hybridized carbons (Fsp3) is 0.500. The van der Waals surface area contributed by atoms with Crippen LogP contribution in [-0.4, -0.2) is 56.4 Å². The molecular weight excluding hydrogens is 274 g/mol. The van der Waals surface area contributed by atoms with Crippen LogP contribution in [0.5, 0.6) is 0 Å². The highest BCUT2D eigenvalue weighted by Gasteiger charge is 2.52. The lowest BCUT2D eigenvalue weighted by atomic mass is 10.0. The number of fused-ring (bicyclic) bond motifs is 1. The van der Waals surface area contributed by atoms with Crippen molar-refractivity contribution in [2.45, 2.75) is 11.4 Å². The second-order valence-electron chi connectivity index (χ2n) is 4.10. The third-order valence-corrected chi connectivity index (χ3v) is 5.39. The second-order valence-corrected chi connectivity index (χ2v) is 6.29. The fourth-order valence-electron chi connectivity index (χ4n) is 2.20. The molecule has 0 aromatic carbocycles. The van der Waals surface area contributed by atoms with E-state index in [4.69, 9.17) is 5.73 Å².